The molecule has 1 aromatic heterocycles. The largest absolute Gasteiger partial charge is 0.473 e. The number of carbonyl (C=O) groups is 4. The molecule has 1 aliphatic rings. The van der Waals surface area contributed by atoms with Crippen molar-refractivity contribution >= 4 is 40.2 Å². The van der Waals surface area contributed by atoms with Gasteiger partial charge in [-0.05, 0) is 31.5 Å². The second kappa shape index (κ2) is 11.8. The lowest BCUT2D eigenvalue weighted by Crippen LogP contribution is -2.36. The van der Waals surface area contributed by atoms with Crippen molar-refractivity contribution in [2.75, 3.05) is 32.1 Å². The van der Waals surface area contributed by atoms with Crippen LogP contribution in [0.1, 0.15) is 29.6 Å². The fourth-order valence-electron chi connectivity index (χ4n) is 3.07. The number of aliphatic carboxylic acids is 2. The second-order valence-electron chi connectivity index (χ2n) is 6.71. The molecule has 0 spiro atoms. The number of esters is 1. The number of nitrogens with zero attached hydrogens (tertiary/aromatic N) is 1. The maximum absolute atomic E-state index is 12.4. The Hall–Kier alpha value is -3.24. The van der Waals surface area contributed by atoms with Crippen molar-refractivity contribution in [1.29, 1.82) is 0 Å². The Labute approximate surface area is 183 Å². The first-order chi connectivity index (χ1) is 14.8. The van der Waals surface area contributed by atoms with Crippen LogP contribution in [0.3, 0.4) is 0 Å². The highest BCUT2D eigenvalue weighted by atomic mass is 32.1. The highest BCUT2D eigenvalue weighted by Gasteiger charge is 2.23. The van der Waals surface area contributed by atoms with Gasteiger partial charge < -0.3 is 20.3 Å². The molecule has 1 amide bonds. The molecule has 0 radical (unpaired) electrons. The lowest BCUT2D eigenvalue weighted by Gasteiger charge is -2.25. The number of hydrogen-bond acceptors (Lipinski definition) is 7. The standard InChI is InChI=1S/C19H22N2O3S.C2H2O4/c1-24-19(23)17-15(14-8-4-2-5-9-14)13-25-18(17)20-16(22)12-21-10-6-3-7-11-21;3-1(4)2(5)6/h2,4-5,8-9,13H,3,6-7,10-12H2,1H3,(H,20,22);(H,3,4)(H,5,6). The fourth-order valence-corrected chi connectivity index (χ4v) is 4.05. The van der Waals surface area contributed by atoms with Gasteiger partial charge in [0.1, 0.15) is 10.6 Å². The molecule has 1 aliphatic heterocycles. The van der Waals surface area contributed by atoms with E-state index in [9.17, 15) is 9.59 Å². The fraction of sp³-hybridized carbons (Fsp3) is 0.333. The van der Waals surface area contributed by atoms with Gasteiger partial charge in [-0.3, -0.25) is 9.69 Å². The molecule has 1 aromatic carbocycles. The number of hydrogen-bond donors (Lipinski definition) is 3. The van der Waals surface area contributed by atoms with Crippen LogP contribution in [0, 0.1) is 0 Å². The zero-order valence-corrected chi connectivity index (χ0v) is 17.8. The van der Waals surface area contributed by atoms with Gasteiger partial charge in [0.05, 0.1) is 13.7 Å². The number of benzene rings is 1. The average Bonchev–Trinajstić information content (AvgIpc) is 3.18. The number of ether oxygens (including phenoxy) is 1. The smallest absolute Gasteiger partial charge is 0.414 e. The molecule has 3 rings (SSSR count). The number of methoxy groups -OCH3 is 1. The van der Waals surface area contributed by atoms with E-state index in [0.717, 1.165) is 37.1 Å². The second-order valence-corrected chi connectivity index (χ2v) is 7.59. The predicted octanol–water partition coefficient (Wildman–Crippen LogP) is 2.78. The van der Waals surface area contributed by atoms with E-state index in [1.807, 2.05) is 35.7 Å². The lowest BCUT2D eigenvalue weighted by molar-refractivity contribution is -0.159. The van der Waals surface area contributed by atoms with E-state index in [-0.39, 0.29) is 5.91 Å². The summed E-state index contributed by atoms with van der Waals surface area (Å²) in [6, 6.07) is 9.64. The van der Waals surface area contributed by atoms with Crippen LogP contribution in [-0.2, 0) is 19.1 Å². The van der Waals surface area contributed by atoms with Crippen LogP contribution in [0.15, 0.2) is 35.7 Å². The van der Waals surface area contributed by atoms with Crippen LogP contribution in [0.5, 0.6) is 0 Å². The van der Waals surface area contributed by atoms with Crippen molar-refractivity contribution in [2.45, 2.75) is 19.3 Å². The average molecular weight is 448 g/mol. The summed E-state index contributed by atoms with van der Waals surface area (Å²) >= 11 is 1.35. The van der Waals surface area contributed by atoms with Crippen LogP contribution >= 0.6 is 11.3 Å². The first-order valence-corrected chi connectivity index (χ1v) is 10.4. The predicted molar refractivity (Wildman–Crippen MR) is 115 cm³/mol. The van der Waals surface area contributed by atoms with Gasteiger partial charge in [0.2, 0.25) is 5.91 Å². The van der Waals surface area contributed by atoms with E-state index in [1.165, 1.54) is 24.9 Å². The minimum atomic E-state index is -1.82. The lowest BCUT2D eigenvalue weighted by atomic mass is 10.0. The Bertz CT molecular complexity index is 909. The van der Waals surface area contributed by atoms with Gasteiger partial charge in [0.25, 0.3) is 0 Å². The van der Waals surface area contributed by atoms with E-state index in [2.05, 4.69) is 10.2 Å². The summed E-state index contributed by atoms with van der Waals surface area (Å²) in [5.41, 5.74) is 2.13. The number of rotatable bonds is 5. The summed E-state index contributed by atoms with van der Waals surface area (Å²) in [5.74, 6) is -4.17. The van der Waals surface area contributed by atoms with Gasteiger partial charge in [-0.2, -0.15) is 0 Å². The number of piperidine rings is 1. The summed E-state index contributed by atoms with van der Waals surface area (Å²) in [4.78, 5) is 45.0. The van der Waals surface area contributed by atoms with Gasteiger partial charge >= 0.3 is 17.9 Å². The minimum absolute atomic E-state index is 0.0893. The van der Waals surface area contributed by atoms with Gasteiger partial charge in [-0.1, -0.05) is 36.8 Å². The third-order valence-electron chi connectivity index (χ3n) is 4.52. The molecule has 9 nitrogen and oxygen atoms in total. The van der Waals surface area contributed by atoms with E-state index in [4.69, 9.17) is 24.5 Å². The molecular weight excluding hydrogens is 424 g/mol. The van der Waals surface area contributed by atoms with Crippen molar-refractivity contribution in [3.63, 3.8) is 0 Å². The van der Waals surface area contributed by atoms with E-state index in [1.54, 1.807) is 0 Å². The summed E-state index contributed by atoms with van der Waals surface area (Å²) < 4.78 is 4.93. The molecule has 2 aromatic rings. The molecule has 0 saturated carbocycles. The zero-order valence-electron chi connectivity index (χ0n) is 17.0. The highest BCUT2D eigenvalue weighted by Crippen LogP contribution is 2.36. The molecule has 0 unspecified atom stereocenters. The van der Waals surface area contributed by atoms with Crippen LogP contribution in [0.2, 0.25) is 0 Å². The Morgan fingerprint density at radius 2 is 1.65 bits per heavy atom. The van der Waals surface area contributed by atoms with Gasteiger partial charge in [-0.15, -0.1) is 11.3 Å². The number of carboxylic acid groups (broad SMARTS) is 2. The maximum Gasteiger partial charge on any atom is 0.414 e. The molecule has 31 heavy (non-hydrogen) atoms. The number of nitrogens with one attached hydrogen (secondary N) is 1. The first-order valence-electron chi connectivity index (χ1n) is 9.57. The first kappa shape index (κ1) is 24.0. The van der Waals surface area contributed by atoms with E-state index >= 15 is 0 Å². The molecule has 166 valence electrons. The van der Waals surface area contributed by atoms with Gasteiger partial charge in [-0.25, -0.2) is 14.4 Å². The van der Waals surface area contributed by atoms with Gasteiger partial charge in [0, 0.05) is 10.9 Å². The number of thiophene rings is 1. The number of amides is 1. The molecule has 0 bridgehead atoms. The van der Waals surface area contributed by atoms with Crippen molar-refractivity contribution in [3.05, 3.63) is 41.3 Å². The summed E-state index contributed by atoms with van der Waals surface area (Å²) in [7, 11) is 1.36. The van der Waals surface area contributed by atoms with Gasteiger partial charge in [0.15, 0.2) is 0 Å². The number of carboxylic acids is 2. The molecule has 0 aliphatic carbocycles. The summed E-state index contributed by atoms with van der Waals surface area (Å²) in [6.45, 7) is 2.27. The Morgan fingerprint density at radius 1 is 1.03 bits per heavy atom. The summed E-state index contributed by atoms with van der Waals surface area (Å²) in [5, 5.41) is 20.1. The number of likely N-dealkylation sites (tertiary alicyclic amines) is 1. The quantitative estimate of drug-likeness (QED) is 0.470. The highest BCUT2D eigenvalue weighted by molar-refractivity contribution is 7.15. The molecule has 1 saturated heterocycles. The maximum atomic E-state index is 12.4. The third kappa shape index (κ3) is 7.19. The molecular formula is C21H24N2O7S. The number of anilines is 1. The topological polar surface area (TPSA) is 133 Å². The normalized spacial score (nSPS) is 13.5. The van der Waals surface area contributed by atoms with Crippen LogP contribution in [-0.4, -0.2) is 65.7 Å². The monoisotopic (exact) mass is 448 g/mol. The molecule has 1 fully saturated rings. The van der Waals surface area contributed by atoms with Crippen molar-refractivity contribution in [1.82, 2.24) is 4.90 Å². The molecule has 10 heteroatoms. The Kier molecular flexibility index (Phi) is 9.16. The van der Waals surface area contributed by atoms with Crippen LogP contribution in [0.25, 0.3) is 11.1 Å². The zero-order chi connectivity index (χ0) is 22.8. The molecule has 0 atom stereocenters. The van der Waals surface area contributed by atoms with Crippen molar-refractivity contribution in [3.8, 4) is 11.1 Å². The molecule has 3 N–H and O–H groups in total. The Balaban J connectivity index is 0.000000501. The van der Waals surface area contributed by atoms with E-state index < -0.39 is 17.9 Å². The molecule has 2 heterocycles. The summed E-state index contributed by atoms with van der Waals surface area (Å²) in [6.07, 6.45) is 3.51. The third-order valence-corrected chi connectivity index (χ3v) is 5.41. The van der Waals surface area contributed by atoms with Crippen molar-refractivity contribution in [2.24, 2.45) is 0 Å². The Morgan fingerprint density at radius 3 is 2.19 bits per heavy atom. The SMILES string of the molecule is COC(=O)c1c(-c2ccccc2)csc1NC(=O)CN1CCCCC1.O=C(O)C(=O)O. The number of carbonyl (C=O) groups excluding carboxylic acids is 2. The van der Waals surface area contributed by atoms with Crippen LogP contribution < -0.4 is 5.32 Å². The minimum Gasteiger partial charge on any atom is -0.473 e. The van der Waals surface area contributed by atoms with Crippen molar-refractivity contribution < 1.29 is 34.1 Å². The van der Waals surface area contributed by atoms with E-state index in [0.29, 0.717) is 17.1 Å². The van der Waals surface area contributed by atoms with Crippen LogP contribution in [0.4, 0.5) is 5.00 Å².